The number of halogens is 4. The molecule has 0 atom stereocenters. The quantitative estimate of drug-likeness (QED) is 0.229. The lowest BCUT2D eigenvalue weighted by Crippen LogP contribution is -2.22. The van der Waals surface area contributed by atoms with Gasteiger partial charge in [-0.15, -0.1) is 0 Å². The van der Waals surface area contributed by atoms with Crippen molar-refractivity contribution < 1.29 is 13.5 Å². The lowest BCUT2D eigenvalue weighted by molar-refractivity contribution is 0.0796. The smallest absolute Gasteiger partial charge is 0.154 e. The van der Waals surface area contributed by atoms with Crippen molar-refractivity contribution in [3.8, 4) is 11.3 Å². The summed E-state index contributed by atoms with van der Waals surface area (Å²) in [4.78, 5) is 8.65. The lowest BCUT2D eigenvalue weighted by Gasteiger charge is -2.16. The zero-order valence-corrected chi connectivity index (χ0v) is 21.2. The lowest BCUT2D eigenvalue weighted by atomic mass is 10.1. The molecule has 2 aromatic heterocycles. The van der Waals surface area contributed by atoms with Gasteiger partial charge in [0.25, 0.3) is 0 Å². The van der Waals surface area contributed by atoms with Crippen molar-refractivity contribution in [2.75, 3.05) is 11.9 Å². The maximum absolute atomic E-state index is 14.6. The molecule has 0 bridgehead atoms. The number of nitrogens with one attached hydrogen (secondary N) is 1. The molecule has 0 fully saturated rings. The topological polar surface area (TPSA) is 64.3 Å². The van der Waals surface area contributed by atoms with Crippen LogP contribution in [-0.2, 0) is 11.5 Å². The predicted octanol–water partition coefficient (Wildman–Crippen LogP) is 6.65. The monoisotopic (exact) mass is 509 g/mol. The number of anilines is 1. The molecular formula is C22H23Cl2F2N5OSi. The number of hydrogen-bond acceptors (Lipinski definition) is 5. The zero-order chi connectivity index (χ0) is 23.9. The molecule has 0 saturated carbocycles. The first-order valence-corrected chi connectivity index (χ1v) is 14.8. The summed E-state index contributed by atoms with van der Waals surface area (Å²) in [5, 5.41) is 7.75. The van der Waals surface area contributed by atoms with Gasteiger partial charge in [0.15, 0.2) is 5.15 Å². The molecule has 3 heterocycles. The van der Waals surface area contributed by atoms with E-state index in [1.165, 1.54) is 18.2 Å². The third-order valence-corrected chi connectivity index (χ3v) is 7.34. The van der Waals surface area contributed by atoms with E-state index in [1.807, 2.05) is 0 Å². The highest BCUT2D eigenvalue weighted by atomic mass is 35.5. The summed E-state index contributed by atoms with van der Waals surface area (Å²) in [5.41, 5.74) is 2.14. The Morgan fingerprint density at radius 2 is 1.85 bits per heavy atom. The minimum atomic E-state index is -1.26. The predicted molar refractivity (Wildman–Crippen MR) is 130 cm³/mol. The van der Waals surface area contributed by atoms with E-state index in [0.29, 0.717) is 34.9 Å². The minimum absolute atomic E-state index is 0.0415. The average Bonchev–Trinajstić information content (AvgIpc) is 2.90. The molecule has 0 amide bonds. The highest BCUT2D eigenvalue weighted by Gasteiger charge is 2.28. The molecule has 1 N–H and O–H groups in total. The van der Waals surface area contributed by atoms with Crippen LogP contribution in [0, 0.1) is 18.6 Å². The normalized spacial score (nSPS) is 13.2. The largest absolute Gasteiger partial charge is 0.360 e. The van der Waals surface area contributed by atoms with Crippen molar-refractivity contribution in [1.29, 1.82) is 0 Å². The van der Waals surface area contributed by atoms with Gasteiger partial charge in [-0.05, 0) is 31.2 Å². The van der Waals surface area contributed by atoms with Crippen LogP contribution >= 0.6 is 23.2 Å². The molecule has 1 aliphatic heterocycles. The summed E-state index contributed by atoms with van der Waals surface area (Å²) in [6, 6.07) is 6.24. The van der Waals surface area contributed by atoms with Gasteiger partial charge in [-0.2, -0.15) is 5.10 Å². The number of aryl methyl sites for hydroxylation is 1. The Bertz CT molecular complexity index is 1240. The second-order valence-electron chi connectivity index (χ2n) is 8.97. The van der Waals surface area contributed by atoms with Gasteiger partial charge in [0.1, 0.15) is 35.0 Å². The Balaban J connectivity index is 1.85. The first kappa shape index (κ1) is 23.8. The van der Waals surface area contributed by atoms with Crippen LogP contribution in [0.3, 0.4) is 0 Å². The SMILES string of the molecule is Cc1nn(COCC[Si](C)(C)C)c2c1N=C(c1c(F)cccc1F)Nc1c-2cc(Cl)nc1Cl. The highest BCUT2D eigenvalue weighted by molar-refractivity contribution is 6.76. The highest BCUT2D eigenvalue weighted by Crippen LogP contribution is 2.44. The van der Waals surface area contributed by atoms with Crippen LogP contribution < -0.4 is 5.32 Å². The molecule has 0 saturated heterocycles. The maximum atomic E-state index is 14.6. The number of amidine groups is 1. The van der Waals surface area contributed by atoms with E-state index in [4.69, 9.17) is 27.9 Å². The van der Waals surface area contributed by atoms with Crippen molar-refractivity contribution >= 4 is 48.5 Å². The summed E-state index contributed by atoms with van der Waals surface area (Å²) < 4.78 is 36.8. The molecule has 3 aromatic rings. The molecular weight excluding hydrogens is 487 g/mol. The Morgan fingerprint density at radius 3 is 2.52 bits per heavy atom. The van der Waals surface area contributed by atoms with Gasteiger partial charge in [-0.3, -0.25) is 0 Å². The third-order valence-electron chi connectivity index (χ3n) is 5.17. The molecule has 0 aliphatic carbocycles. The molecule has 0 spiro atoms. The summed E-state index contributed by atoms with van der Waals surface area (Å²) in [5.74, 6) is -1.56. The molecule has 33 heavy (non-hydrogen) atoms. The van der Waals surface area contributed by atoms with Gasteiger partial charge >= 0.3 is 0 Å². The van der Waals surface area contributed by atoms with Crippen LogP contribution in [0.25, 0.3) is 11.3 Å². The van der Waals surface area contributed by atoms with Crippen LogP contribution in [0.2, 0.25) is 36.0 Å². The maximum Gasteiger partial charge on any atom is 0.154 e. The van der Waals surface area contributed by atoms with Gasteiger partial charge in [0.2, 0.25) is 0 Å². The van der Waals surface area contributed by atoms with E-state index in [-0.39, 0.29) is 28.4 Å². The fraction of sp³-hybridized carbons (Fsp3) is 0.318. The molecule has 1 aromatic carbocycles. The number of ether oxygens (including phenoxy) is 1. The molecule has 0 unspecified atom stereocenters. The van der Waals surface area contributed by atoms with Crippen LogP contribution in [0.4, 0.5) is 20.2 Å². The second-order valence-corrected chi connectivity index (χ2v) is 15.3. The fourth-order valence-electron chi connectivity index (χ4n) is 3.49. The molecule has 0 radical (unpaired) electrons. The molecule has 6 nitrogen and oxygen atoms in total. The first-order chi connectivity index (χ1) is 15.5. The Kier molecular flexibility index (Phi) is 6.59. The molecule has 174 valence electrons. The number of aliphatic imine (C=N–C) groups is 1. The van der Waals surface area contributed by atoms with Gasteiger partial charge in [0.05, 0.1) is 22.6 Å². The number of aromatic nitrogens is 3. The summed E-state index contributed by atoms with van der Waals surface area (Å²) in [6.07, 6.45) is 0. The van der Waals surface area contributed by atoms with Crippen LogP contribution in [0.5, 0.6) is 0 Å². The van der Waals surface area contributed by atoms with Crippen LogP contribution in [0.1, 0.15) is 11.3 Å². The van der Waals surface area contributed by atoms with Crippen molar-refractivity contribution in [1.82, 2.24) is 14.8 Å². The number of fused-ring (bicyclic) bond motifs is 3. The van der Waals surface area contributed by atoms with Crippen LogP contribution in [0.15, 0.2) is 29.3 Å². The van der Waals surface area contributed by atoms with Crippen LogP contribution in [-0.4, -0.2) is 35.3 Å². The van der Waals surface area contributed by atoms with E-state index in [1.54, 1.807) is 17.7 Å². The third kappa shape index (κ3) is 4.96. The number of pyridine rings is 1. The Labute approximate surface area is 201 Å². The van der Waals surface area contributed by atoms with E-state index < -0.39 is 19.7 Å². The van der Waals surface area contributed by atoms with E-state index in [2.05, 4.69) is 40.0 Å². The van der Waals surface area contributed by atoms with E-state index in [0.717, 1.165) is 6.04 Å². The summed E-state index contributed by atoms with van der Waals surface area (Å²) in [6.45, 7) is 9.37. The second kappa shape index (κ2) is 9.13. The van der Waals surface area contributed by atoms with E-state index >= 15 is 0 Å². The zero-order valence-electron chi connectivity index (χ0n) is 18.6. The fourth-order valence-corrected chi connectivity index (χ4v) is 4.72. The Hall–Kier alpha value is -2.33. The Morgan fingerprint density at radius 1 is 1.15 bits per heavy atom. The molecule has 1 aliphatic rings. The van der Waals surface area contributed by atoms with Crippen molar-refractivity contribution in [3.63, 3.8) is 0 Å². The number of hydrogen-bond donors (Lipinski definition) is 1. The van der Waals surface area contributed by atoms with Crippen molar-refractivity contribution in [2.24, 2.45) is 4.99 Å². The van der Waals surface area contributed by atoms with Crippen molar-refractivity contribution in [3.05, 3.63) is 57.5 Å². The number of rotatable bonds is 6. The van der Waals surface area contributed by atoms with Gasteiger partial charge < -0.3 is 10.1 Å². The average molecular weight is 510 g/mol. The molecule has 11 heteroatoms. The van der Waals surface area contributed by atoms with E-state index in [9.17, 15) is 8.78 Å². The summed E-state index contributed by atoms with van der Waals surface area (Å²) >= 11 is 12.6. The standard InChI is InChI=1S/C22H23Cl2F2N5OSi/c1-12-18-20(31(30-12)11-32-8-9-33(2,3)4)13-10-16(23)27-21(24)19(13)29-22(28-18)17-14(25)6-5-7-15(17)26/h5-7,10H,8-9,11H2,1-4H3,(H,28,29). The van der Waals surface area contributed by atoms with Crippen molar-refractivity contribution in [2.45, 2.75) is 39.3 Å². The number of benzene rings is 1. The van der Waals surface area contributed by atoms with Gasteiger partial charge in [-0.25, -0.2) is 23.4 Å². The minimum Gasteiger partial charge on any atom is -0.360 e. The first-order valence-electron chi connectivity index (χ1n) is 10.4. The van der Waals surface area contributed by atoms with Gasteiger partial charge in [0, 0.05) is 20.2 Å². The number of nitrogens with zero attached hydrogens (tertiary/aromatic N) is 4. The van der Waals surface area contributed by atoms with Gasteiger partial charge in [-0.1, -0.05) is 48.9 Å². The molecule has 4 rings (SSSR count). The summed E-state index contributed by atoms with van der Waals surface area (Å²) in [7, 11) is -1.26.